The first-order valence-corrected chi connectivity index (χ1v) is 10.6. The Kier molecular flexibility index (Phi) is 8.03. The summed E-state index contributed by atoms with van der Waals surface area (Å²) in [6.45, 7) is 0.775. The van der Waals surface area contributed by atoms with Crippen LogP contribution < -0.4 is 10.6 Å². The maximum atomic E-state index is 12.5. The predicted octanol–water partition coefficient (Wildman–Crippen LogP) is 1.59. The van der Waals surface area contributed by atoms with Crippen molar-refractivity contribution >= 4 is 40.8 Å². The van der Waals surface area contributed by atoms with Crippen LogP contribution >= 0.6 is 12.2 Å². The number of amides is 2. The van der Waals surface area contributed by atoms with Gasteiger partial charge >= 0.3 is 5.97 Å². The van der Waals surface area contributed by atoms with E-state index in [4.69, 9.17) is 17.0 Å². The number of ether oxygens (including phenoxy) is 1. The normalized spacial score (nSPS) is 15.3. The molecule has 2 aromatic rings. The van der Waals surface area contributed by atoms with Gasteiger partial charge in [0.05, 0.1) is 18.0 Å². The highest BCUT2D eigenvalue weighted by molar-refractivity contribution is 7.80. The van der Waals surface area contributed by atoms with Crippen molar-refractivity contribution in [2.24, 2.45) is 0 Å². The molecule has 0 spiro atoms. The number of carbonyl (C=O) groups is 3. The Balaban J connectivity index is 1.57. The summed E-state index contributed by atoms with van der Waals surface area (Å²) in [5.74, 6) is -1.53. The van der Waals surface area contributed by atoms with Gasteiger partial charge in [0.1, 0.15) is 6.04 Å². The third kappa shape index (κ3) is 6.56. The van der Waals surface area contributed by atoms with E-state index in [1.54, 1.807) is 0 Å². The fourth-order valence-corrected chi connectivity index (χ4v) is 3.59. The second-order valence-corrected chi connectivity index (χ2v) is 7.61. The average Bonchev–Trinajstić information content (AvgIpc) is 2.81. The number of rotatable bonds is 7. The van der Waals surface area contributed by atoms with Gasteiger partial charge in [-0.3, -0.25) is 29.8 Å². The molecule has 0 unspecified atom stereocenters. The van der Waals surface area contributed by atoms with Crippen LogP contribution in [0.4, 0.5) is 5.69 Å². The van der Waals surface area contributed by atoms with Crippen molar-refractivity contribution in [2.75, 3.05) is 19.7 Å². The third-order valence-corrected chi connectivity index (χ3v) is 5.35. The van der Waals surface area contributed by atoms with Gasteiger partial charge in [-0.15, -0.1) is 0 Å². The smallest absolute Gasteiger partial charge is 0.308 e. The minimum Gasteiger partial charge on any atom is -0.465 e. The maximum Gasteiger partial charge on any atom is 0.308 e. The van der Waals surface area contributed by atoms with Crippen molar-refractivity contribution in [1.29, 1.82) is 0 Å². The van der Waals surface area contributed by atoms with E-state index in [0.29, 0.717) is 19.5 Å². The quantitative estimate of drug-likeness (QED) is 0.270. The Bertz CT molecular complexity index is 1040. The highest BCUT2D eigenvalue weighted by Gasteiger charge is 2.34. The average molecular weight is 471 g/mol. The molecule has 1 aliphatic heterocycles. The lowest BCUT2D eigenvalue weighted by Gasteiger charge is -2.36. The van der Waals surface area contributed by atoms with Crippen molar-refractivity contribution in [2.45, 2.75) is 18.9 Å². The fraction of sp³-hybridized carbons (Fsp3) is 0.273. The van der Waals surface area contributed by atoms with Crippen LogP contribution in [-0.2, 0) is 20.7 Å². The molecule has 10 nitrogen and oxygen atoms in total. The Morgan fingerprint density at radius 3 is 2.55 bits per heavy atom. The Labute approximate surface area is 195 Å². The minimum atomic E-state index is -0.923. The lowest BCUT2D eigenvalue weighted by atomic mass is 10.1. The lowest BCUT2D eigenvalue weighted by Crippen LogP contribution is -2.60. The molecule has 1 atom stereocenters. The number of nitrogens with one attached hydrogen (secondary N) is 2. The van der Waals surface area contributed by atoms with Crippen LogP contribution in [0.25, 0.3) is 0 Å². The number of nitrogens with zero attached hydrogens (tertiary/aromatic N) is 2. The molecular formula is C22H22N4O6S. The van der Waals surface area contributed by atoms with Crippen molar-refractivity contribution in [1.82, 2.24) is 15.5 Å². The monoisotopic (exact) mass is 470 g/mol. The van der Waals surface area contributed by atoms with E-state index < -0.39 is 28.7 Å². The van der Waals surface area contributed by atoms with Crippen molar-refractivity contribution < 1.29 is 24.0 Å². The van der Waals surface area contributed by atoms with E-state index in [0.717, 1.165) is 5.56 Å². The van der Waals surface area contributed by atoms with Crippen LogP contribution in [0.2, 0.25) is 0 Å². The van der Waals surface area contributed by atoms with Crippen LogP contribution in [0.15, 0.2) is 54.6 Å². The molecule has 0 aromatic heterocycles. The number of carbonyl (C=O) groups excluding carboxylic acids is 3. The molecule has 0 radical (unpaired) electrons. The molecule has 0 bridgehead atoms. The molecule has 0 saturated carbocycles. The number of thiocarbonyl (C=S) groups is 1. The first-order chi connectivity index (χ1) is 15.8. The number of hydrogen-bond donors (Lipinski definition) is 2. The van der Waals surface area contributed by atoms with Gasteiger partial charge in [0.25, 0.3) is 11.6 Å². The molecule has 0 aliphatic carbocycles. The van der Waals surface area contributed by atoms with Crippen molar-refractivity contribution in [3.63, 3.8) is 0 Å². The topological polar surface area (TPSA) is 131 Å². The Morgan fingerprint density at radius 2 is 1.88 bits per heavy atom. The van der Waals surface area contributed by atoms with Crippen LogP contribution in [-0.4, -0.2) is 58.5 Å². The molecule has 33 heavy (non-hydrogen) atoms. The number of piperazine rings is 1. The molecule has 1 heterocycles. The molecular weight excluding hydrogens is 448 g/mol. The second-order valence-electron chi connectivity index (χ2n) is 7.22. The van der Waals surface area contributed by atoms with Crippen molar-refractivity contribution in [3.05, 3.63) is 75.8 Å². The molecule has 11 heteroatoms. The zero-order valence-electron chi connectivity index (χ0n) is 17.6. The maximum absolute atomic E-state index is 12.5. The SMILES string of the molecule is O=C(C[C@@H]1C(=O)NCCN1C(=S)NC(=O)c1ccc([N+](=O)[O-])cc1)OCCc1ccccc1. The van der Waals surface area contributed by atoms with E-state index >= 15 is 0 Å². The molecule has 2 N–H and O–H groups in total. The summed E-state index contributed by atoms with van der Waals surface area (Å²) in [4.78, 5) is 48.9. The molecule has 1 aliphatic rings. The lowest BCUT2D eigenvalue weighted by molar-refractivity contribution is -0.384. The number of benzene rings is 2. The summed E-state index contributed by atoms with van der Waals surface area (Å²) >= 11 is 5.31. The van der Waals surface area contributed by atoms with Crippen molar-refractivity contribution in [3.8, 4) is 0 Å². The first-order valence-electron chi connectivity index (χ1n) is 10.2. The summed E-state index contributed by atoms with van der Waals surface area (Å²) in [7, 11) is 0. The second kappa shape index (κ2) is 11.1. The standard InChI is InChI=1S/C22H22N4O6S/c27-19(32-13-10-15-4-2-1-3-5-15)14-18-21(29)23-11-12-25(18)22(33)24-20(28)16-6-8-17(9-7-16)26(30)31/h1-9,18H,10-14H2,(H,23,29)(H,24,28,33)/t18-/m1/s1. The highest BCUT2D eigenvalue weighted by Crippen LogP contribution is 2.14. The summed E-state index contributed by atoms with van der Waals surface area (Å²) in [6, 6.07) is 13.7. The molecule has 2 aromatic carbocycles. The number of nitro benzene ring substituents is 1. The molecule has 172 valence electrons. The molecule has 1 saturated heterocycles. The van der Waals surface area contributed by atoms with Crippen LogP contribution in [0.1, 0.15) is 22.3 Å². The molecule has 1 fully saturated rings. The fourth-order valence-electron chi connectivity index (χ4n) is 3.28. The van der Waals surface area contributed by atoms with Gasteiger partial charge < -0.3 is 15.0 Å². The number of nitro groups is 1. The van der Waals surface area contributed by atoms with E-state index in [-0.39, 0.29) is 29.4 Å². The largest absolute Gasteiger partial charge is 0.465 e. The van der Waals surface area contributed by atoms with E-state index in [1.807, 2.05) is 30.3 Å². The van der Waals surface area contributed by atoms with Gasteiger partial charge in [0.2, 0.25) is 5.91 Å². The van der Waals surface area contributed by atoms with Crippen LogP contribution in [0, 0.1) is 10.1 Å². The minimum absolute atomic E-state index is 0.0183. The summed E-state index contributed by atoms with van der Waals surface area (Å²) < 4.78 is 5.27. The predicted molar refractivity (Wildman–Crippen MR) is 122 cm³/mol. The zero-order valence-corrected chi connectivity index (χ0v) is 18.4. The first kappa shape index (κ1) is 23.8. The van der Waals surface area contributed by atoms with Gasteiger partial charge in [0.15, 0.2) is 5.11 Å². The van der Waals surface area contributed by atoms with E-state index in [9.17, 15) is 24.5 Å². The molecule has 3 rings (SSSR count). The van der Waals surface area contributed by atoms with E-state index in [2.05, 4.69) is 10.6 Å². The third-order valence-electron chi connectivity index (χ3n) is 5.01. The molecule has 2 amide bonds. The van der Waals surface area contributed by atoms with Gasteiger partial charge in [-0.1, -0.05) is 30.3 Å². The van der Waals surface area contributed by atoms with Gasteiger partial charge in [-0.05, 0) is 29.9 Å². The Morgan fingerprint density at radius 1 is 1.18 bits per heavy atom. The highest BCUT2D eigenvalue weighted by atomic mass is 32.1. The summed E-state index contributed by atoms with van der Waals surface area (Å²) in [6.07, 6.45) is 0.324. The number of hydrogen-bond acceptors (Lipinski definition) is 7. The summed E-state index contributed by atoms with van der Waals surface area (Å²) in [5.41, 5.74) is 1.05. The number of esters is 1. The van der Waals surface area contributed by atoms with Crippen LogP contribution in [0.3, 0.4) is 0 Å². The van der Waals surface area contributed by atoms with Gasteiger partial charge in [-0.25, -0.2) is 0 Å². The Hall–Kier alpha value is -3.86. The van der Waals surface area contributed by atoms with Gasteiger partial charge in [0, 0.05) is 37.2 Å². The van der Waals surface area contributed by atoms with Crippen LogP contribution in [0.5, 0.6) is 0 Å². The number of non-ortho nitro benzene ring substituents is 1. The summed E-state index contributed by atoms with van der Waals surface area (Å²) in [5, 5.41) is 15.9. The van der Waals surface area contributed by atoms with E-state index in [1.165, 1.54) is 29.2 Å². The van der Waals surface area contributed by atoms with Gasteiger partial charge in [-0.2, -0.15) is 0 Å². The zero-order chi connectivity index (χ0) is 23.8.